The molecule has 1 aliphatic rings. The van der Waals surface area contributed by atoms with Crippen molar-refractivity contribution >= 4 is 33.4 Å². The first-order chi connectivity index (χ1) is 15.3. The quantitative estimate of drug-likeness (QED) is 0.590. The van der Waals surface area contributed by atoms with E-state index in [0.29, 0.717) is 24.5 Å². The van der Waals surface area contributed by atoms with Gasteiger partial charge in [-0.05, 0) is 49.6 Å². The summed E-state index contributed by atoms with van der Waals surface area (Å²) in [5.74, 6) is -1.63. The summed E-state index contributed by atoms with van der Waals surface area (Å²) in [4.78, 5) is 24.4. The highest BCUT2D eigenvalue weighted by atomic mass is 35.5. The van der Waals surface area contributed by atoms with Gasteiger partial charge in [-0.25, -0.2) is 8.42 Å². The largest absolute Gasteiger partial charge is 0.360 e. The zero-order valence-electron chi connectivity index (χ0n) is 17.7. The van der Waals surface area contributed by atoms with E-state index in [0.717, 1.165) is 11.1 Å². The summed E-state index contributed by atoms with van der Waals surface area (Å²) in [5.41, 5.74) is 1.92. The lowest BCUT2D eigenvalue weighted by Gasteiger charge is -2.34. The Morgan fingerprint density at radius 2 is 1.72 bits per heavy atom. The Balaban J connectivity index is 1.53. The molecule has 2 N–H and O–H groups in total. The van der Waals surface area contributed by atoms with Crippen molar-refractivity contribution in [3.8, 4) is 0 Å². The van der Waals surface area contributed by atoms with E-state index in [4.69, 9.17) is 16.3 Å². The molecule has 1 aliphatic heterocycles. The predicted molar refractivity (Wildman–Crippen MR) is 121 cm³/mol. The van der Waals surface area contributed by atoms with Gasteiger partial charge in [-0.3, -0.25) is 9.59 Å². The second-order valence-corrected chi connectivity index (χ2v) is 9.78. The fourth-order valence-electron chi connectivity index (χ4n) is 3.26. The van der Waals surface area contributed by atoms with E-state index in [2.05, 4.69) is 10.6 Å². The Bertz CT molecular complexity index is 1040. The molecule has 0 radical (unpaired) electrons. The van der Waals surface area contributed by atoms with Crippen LogP contribution in [0.15, 0.2) is 53.4 Å². The third-order valence-corrected chi connectivity index (χ3v) is 7.19. The van der Waals surface area contributed by atoms with Crippen molar-refractivity contribution < 1.29 is 22.7 Å². The molecule has 1 heterocycles. The van der Waals surface area contributed by atoms with Crippen molar-refractivity contribution in [2.75, 3.05) is 26.2 Å². The van der Waals surface area contributed by atoms with Gasteiger partial charge in [0, 0.05) is 18.1 Å². The molecule has 2 amide bonds. The number of ether oxygens (including phenoxy) is 1. The highest BCUT2D eigenvalue weighted by Gasteiger charge is 2.34. The molecule has 10 heteroatoms. The standard InChI is InChI=1S/C22H26ClN3O5S/c1-16-3-9-19(10-4-16)32(29,30)26-13-2-14-31-20(26)15-25-22(28)21(27)24-12-11-17-5-7-18(23)8-6-17/h3-10,20H,2,11-15H2,1H3,(H,24,27)(H,25,28)/t20-/m1/s1. The van der Waals surface area contributed by atoms with E-state index in [9.17, 15) is 18.0 Å². The maximum atomic E-state index is 13.0. The first-order valence-corrected chi connectivity index (χ1v) is 12.1. The van der Waals surface area contributed by atoms with Gasteiger partial charge in [0.1, 0.15) is 6.23 Å². The monoisotopic (exact) mass is 479 g/mol. The summed E-state index contributed by atoms with van der Waals surface area (Å²) in [7, 11) is -3.80. The Labute approximate surface area is 192 Å². The van der Waals surface area contributed by atoms with E-state index in [-0.39, 0.29) is 24.5 Å². The molecule has 1 fully saturated rings. The van der Waals surface area contributed by atoms with E-state index in [1.54, 1.807) is 36.4 Å². The minimum atomic E-state index is -3.80. The van der Waals surface area contributed by atoms with Crippen LogP contribution < -0.4 is 10.6 Å². The molecule has 2 aromatic carbocycles. The van der Waals surface area contributed by atoms with Crippen molar-refractivity contribution in [1.82, 2.24) is 14.9 Å². The Hall–Kier alpha value is -2.46. The predicted octanol–water partition coefficient (Wildman–Crippen LogP) is 1.86. The lowest BCUT2D eigenvalue weighted by Crippen LogP contribution is -2.53. The van der Waals surface area contributed by atoms with E-state index >= 15 is 0 Å². The second-order valence-electron chi connectivity index (χ2n) is 7.45. The van der Waals surface area contributed by atoms with Gasteiger partial charge in [0.15, 0.2) is 0 Å². The zero-order valence-corrected chi connectivity index (χ0v) is 19.3. The van der Waals surface area contributed by atoms with E-state index in [1.807, 2.05) is 19.1 Å². The molecule has 2 aromatic rings. The third-order valence-electron chi connectivity index (χ3n) is 5.04. The molecule has 1 atom stereocenters. The van der Waals surface area contributed by atoms with Crippen LogP contribution >= 0.6 is 11.6 Å². The summed E-state index contributed by atoms with van der Waals surface area (Å²) < 4.78 is 32.9. The maximum absolute atomic E-state index is 13.0. The van der Waals surface area contributed by atoms with Crippen LogP contribution in [0.1, 0.15) is 17.5 Å². The van der Waals surface area contributed by atoms with Gasteiger partial charge in [0.05, 0.1) is 18.0 Å². The lowest BCUT2D eigenvalue weighted by molar-refractivity contribution is -0.140. The molecule has 0 spiro atoms. The van der Waals surface area contributed by atoms with Crippen LogP contribution in [-0.4, -0.2) is 57.0 Å². The molecule has 172 valence electrons. The van der Waals surface area contributed by atoms with Crippen LogP contribution in [0.2, 0.25) is 5.02 Å². The molecule has 0 aliphatic carbocycles. The summed E-state index contributed by atoms with van der Waals surface area (Å²) in [6, 6.07) is 13.7. The van der Waals surface area contributed by atoms with Crippen LogP contribution in [0.3, 0.4) is 0 Å². The van der Waals surface area contributed by atoms with Crippen molar-refractivity contribution in [2.45, 2.75) is 30.9 Å². The highest BCUT2D eigenvalue weighted by molar-refractivity contribution is 7.89. The third kappa shape index (κ3) is 6.29. The molecule has 0 unspecified atom stereocenters. The van der Waals surface area contributed by atoms with Gasteiger partial charge < -0.3 is 15.4 Å². The molecule has 32 heavy (non-hydrogen) atoms. The number of benzene rings is 2. The molecule has 3 rings (SSSR count). The van der Waals surface area contributed by atoms with Gasteiger partial charge in [-0.1, -0.05) is 41.4 Å². The molecule has 0 aromatic heterocycles. The molecule has 0 saturated carbocycles. The number of aryl methyl sites for hydroxylation is 1. The first-order valence-electron chi connectivity index (χ1n) is 10.3. The molecule has 0 bridgehead atoms. The number of amides is 2. The Morgan fingerprint density at radius 1 is 1.06 bits per heavy atom. The smallest absolute Gasteiger partial charge is 0.309 e. The topological polar surface area (TPSA) is 105 Å². The van der Waals surface area contributed by atoms with E-state index in [1.165, 1.54) is 4.31 Å². The van der Waals surface area contributed by atoms with Gasteiger partial charge in [-0.15, -0.1) is 0 Å². The normalized spacial score (nSPS) is 17.0. The summed E-state index contributed by atoms with van der Waals surface area (Å²) in [5, 5.41) is 5.65. The van der Waals surface area contributed by atoms with Gasteiger partial charge in [-0.2, -0.15) is 4.31 Å². The number of carbonyl (C=O) groups is 2. The number of halogens is 1. The second kappa shape index (κ2) is 10.9. The van der Waals surface area contributed by atoms with Crippen LogP contribution in [0.4, 0.5) is 0 Å². The molecule has 8 nitrogen and oxygen atoms in total. The van der Waals surface area contributed by atoms with Gasteiger partial charge in [0.25, 0.3) is 0 Å². The summed E-state index contributed by atoms with van der Waals surface area (Å²) in [6.45, 7) is 2.66. The van der Waals surface area contributed by atoms with Crippen LogP contribution in [-0.2, 0) is 30.8 Å². The Morgan fingerprint density at radius 3 is 2.41 bits per heavy atom. The van der Waals surface area contributed by atoms with E-state index < -0.39 is 28.1 Å². The van der Waals surface area contributed by atoms with Crippen molar-refractivity contribution in [3.05, 3.63) is 64.7 Å². The number of carbonyl (C=O) groups excluding carboxylic acids is 2. The number of rotatable bonds is 7. The number of hydrogen-bond donors (Lipinski definition) is 2. The summed E-state index contributed by atoms with van der Waals surface area (Å²) in [6.07, 6.45) is 0.200. The average Bonchev–Trinajstić information content (AvgIpc) is 2.79. The first kappa shape index (κ1) is 24.2. The minimum absolute atomic E-state index is 0.130. The van der Waals surface area contributed by atoms with Crippen LogP contribution in [0.5, 0.6) is 0 Å². The molecular weight excluding hydrogens is 454 g/mol. The number of nitrogens with one attached hydrogen (secondary N) is 2. The summed E-state index contributed by atoms with van der Waals surface area (Å²) >= 11 is 5.84. The fourth-order valence-corrected chi connectivity index (χ4v) is 4.95. The van der Waals surface area contributed by atoms with Crippen molar-refractivity contribution in [1.29, 1.82) is 0 Å². The number of hydrogen-bond acceptors (Lipinski definition) is 5. The van der Waals surface area contributed by atoms with Crippen molar-refractivity contribution in [3.63, 3.8) is 0 Å². The average molecular weight is 480 g/mol. The maximum Gasteiger partial charge on any atom is 0.309 e. The molecule has 1 saturated heterocycles. The molecular formula is C22H26ClN3O5S. The SMILES string of the molecule is Cc1ccc(S(=O)(=O)N2CCCO[C@@H]2CNC(=O)C(=O)NCCc2ccc(Cl)cc2)cc1. The van der Waals surface area contributed by atoms with Gasteiger partial charge >= 0.3 is 11.8 Å². The van der Waals surface area contributed by atoms with Gasteiger partial charge in [0.2, 0.25) is 10.0 Å². The van der Waals surface area contributed by atoms with Crippen molar-refractivity contribution in [2.24, 2.45) is 0 Å². The van der Waals surface area contributed by atoms with Crippen LogP contribution in [0, 0.1) is 6.92 Å². The highest BCUT2D eigenvalue weighted by Crippen LogP contribution is 2.22. The fraction of sp³-hybridized carbons (Fsp3) is 0.364. The lowest BCUT2D eigenvalue weighted by atomic mass is 10.1. The number of sulfonamides is 1. The minimum Gasteiger partial charge on any atom is -0.360 e. The van der Waals surface area contributed by atoms with Crippen LogP contribution in [0.25, 0.3) is 0 Å². The number of nitrogens with zero attached hydrogens (tertiary/aromatic N) is 1. The zero-order chi connectivity index (χ0) is 23.1. The Kier molecular flexibility index (Phi) is 8.25.